The summed E-state index contributed by atoms with van der Waals surface area (Å²) in [5, 5.41) is 0. The van der Waals surface area contributed by atoms with Gasteiger partial charge in [0.1, 0.15) is 6.33 Å². The molecule has 6 nitrogen and oxygen atoms in total. The number of rotatable bonds is 3. The topological polar surface area (TPSA) is 71.9 Å². The SMILES string of the molecule is O=C(Cc1ccccn1)N1CCc2ncnc(-c3ccncc3)c2CC1. The summed E-state index contributed by atoms with van der Waals surface area (Å²) in [5.41, 5.74) is 4.94. The van der Waals surface area contributed by atoms with Gasteiger partial charge in [0.2, 0.25) is 5.91 Å². The molecule has 4 heterocycles. The molecular weight excluding hydrogens is 326 g/mol. The van der Waals surface area contributed by atoms with Crippen molar-refractivity contribution in [3.05, 3.63) is 72.2 Å². The van der Waals surface area contributed by atoms with Crippen LogP contribution in [-0.4, -0.2) is 43.8 Å². The lowest BCUT2D eigenvalue weighted by Gasteiger charge is -2.20. The first kappa shape index (κ1) is 16.3. The Labute approximate surface area is 152 Å². The molecule has 6 heteroatoms. The van der Waals surface area contributed by atoms with E-state index in [1.54, 1.807) is 24.9 Å². The van der Waals surface area contributed by atoms with Crippen molar-refractivity contribution in [2.24, 2.45) is 0 Å². The first-order chi connectivity index (χ1) is 12.8. The van der Waals surface area contributed by atoms with Gasteiger partial charge in [0, 0.05) is 60.6 Å². The van der Waals surface area contributed by atoms with Crippen LogP contribution < -0.4 is 0 Å². The number of carbonyl (C=O) groups excluding carboxylic acids is 1. The Morgan fingerprint density at radius 2 is 1.81 bits per heavy atom. The number of pyridine rings is 2. The van der Waals surface area contributed by atoms with Crippen LogP contribution in [-0.2, 0) is 24.1 Å². The standard InChI is InChI=1S/C20H19N5O/c26-19(13-16-3-1-2-8-22-16)25-11-6-17-18(7-12-25)23-14-24-20(17)15-4-9-21-10-5-15/h1-5,8-10,14H,6-7,11-13H2. The maximum Gasteiger partial charge on any atom is 0.228 e. The molecule has 0 aliphatic carbocycles. The Morgan fingerprint density at radius 3 is 2.62 bits per heavy atom. The molecule has 1 amide bonds. The molecular formula is C20H19N5O. The molecule has 130 valence electrons. The number of fused-ring (bicyclic) bond motifs is 1. The summed E-state index contributed by atoms with van der Waals surface area (Å²) in [7, 11) is 0. The van der Waals surface area contributed by atoms with Gasteiger partial charge < -0.3 is 4.90 Å². The molecule has 1 aliphatic heterocycles. The molecule has 3 aromatic heterocycles. The average molecular weight is 345 g/mol. The van der Waals surface area contributed by atoms with Crippen LogP contribution in [0.5, 0.6) is 0 Å². The lowest BCUT2D eigenvalue weighted by Crippen LogP contribution is -2.34. The van der Waals surface area contributed by atoms with Crippen LogP contribution >= 0.6 is 0 Å². The Bertz CT molecular complexity index is 899. The van der Waals surface area contributed by atoms with Crippen molar-refractivity contribution in [2.45, 2.75) is 19.3 Å². The van der Waals surface area contributed by atoms with Gasteiger partial charge in [0.25, 0.3) is 0 Å². The summed E-state index contributed by atoms with van der Waals surface area (Å²) < 4.78 is 0. The largest absolute Gasteiger partial charge is 0.342 e. The van der Waals surface area contributed by atoms with E-state index in [4.69, 9.17) is 0 Å². The summed E-state index contributed by atoms with van der Waals surface area (Å²) in [6.45, 7) is 1.34. The Hall–Kier alpha value is -3.15. The molecule has 0 bridgehead atoms. The molecule has 0 saturated heterocycles. The van der Waals surface area contributed by atoms with Crippen molar-refractivity contribution in [2.75, 3.05) is 13.1 Å². The lowest BCUT2D eigenvalue weighted by atomic mass is 10.0. The molecule has 0 N–H and O–H groups in total. The molecule has 26 heavy (non-hydrogen) atoms. The summed E-state index contributed by atoms with van der Waals surface area (Å²) in [6.07, 6.45) is 8.69. The minimum absolute atomic E-state index is 0.106. The second kappa shape index (κ2) is 7.39. The van der Waals surface area contributed by atoms with Crippen LogP contribution in [0.3, 0.4) is 0 Å². The summed E-state index contributed by atoms with van der Waals surface area (Å²) >= 11 is 0. The van der Waals surface area contributed by atoms with Gasteiger partial charge in [-0.25, -0.2) is 9.97 Å². The molecule has 0 unspecified atom stereocenters. The quantitative estimate of drug-likeness (QED) is 0.727. The highest BCUT2D eigenvalue weighted by Crippen LogP contribution is 2.25. The van der Waals surface area contributed by atoms with E-state index in [2.05, 4.69) is 19.9 Å². The molecule has 0 spiro atoms. The highest BCUT2D eigenvalue weighted by molar-refractivity contribution is 5.78. The highest BCUT2D eigenvalue weighted by atomic mass is 16.2. The number of amides is 1. The third-order valence-electron chi connectivity index (χ3n) is 4.65. The van der Waals surface area contributed by atoms with E-state index in [-0.39, 0.29) is 5.91 Å². The Kier molecular flexibility index (Phi) is 4.64. The van der Waals surface area contributed by atoms with Gasteiger partial charge in [0.15, 0.2) is 0 Å². The van der Waals surface area contributed by atoms with E-state index in [9.17, 15) is 4.79 Å². The number of hydrogen-bond acceptors (Lipinski definition) is 5. The van der Waals surface area contributed by atoms with Crippen LogP contribution in [0, 0.1) is 0 Å². The number of hydrogen-bond donors (Lipinski definition) is 0. The van der Waals surface area contributed by atoms with E-state index in [0.717, 1.165) is 41.1 Å². The van der Waals surface area contributed by atoms with Gasteiger partial charge in [0.05, 0.1) is 12.1 Å². The molecule has 0 atom stereocenters. The fraction of sp³-hybridized carbons (Fsp3) is 0.250. The summed E-state index contributed by atoms with van der Waals surface area (Å²) in [4.78, 5) is 31.9. The number of aromatic nitrogens is 4. The fourth-order valence-electron chi connectivity index (χ4n) is 3.30. The molecule has 0 radical (unpaired) electrons. The third kappa shape index (κ3) is 3.44. The maximum atomic E-state index is 12.7. The van der Waals surface area contributed by atoms with Crippen molar-refractivity contribution in [3.8, 4) is 11.3 Å². The van der Waals surface area contributed by atoms with Crippen molar-refractivity contribution >= 4 is 5.91 Å². The van der Waals surface area contributed by atoms with E-state index in [1.807, 2.05) is 35.2 Å². The van der Waals surface area contributed by atoms with E-state index in [0.29, 0.717) is 19.5 Å². The van der Waals surface area contributed by atoms with Gasteiger partial charge in [-0.2, -0.15) is 0 Å². The second-order valence-corrected chi connectivity index (χ2v) is 6.26. The normalized spacial score (nSPS) is 13.8. The number of nitrogens with zero attached hydrogens (tertiary/aromatic N) is 5. The molecule has 1 aliphatic rings. The van der Waals surface area contributed by atoms with Crippen LogP contribution in [0.25, 0.3) is 11.3 Å². The first-order valence-electron chi connectivity index (χ1n) is 8.72. The molecule has 4 rings (SSSR count). The zero-order chi connectivity index (χ0) is 17.8. The van der Waals surface area contributed by atoms with Gasteiger partial charge in [-0.3, -0.25) is 14.8 Å². The van der Waals surface area contributed by atoms with Gasteiger partial charge in [-0.15, -0.1) is 0 Å². The zero-order valence-corrected chi connectivity index (χ0v) is 14.4. The second-order valence-electron chi connectivity index (χ2n) is 6.26. The summed E-state index contributed by atoms with van der Waals surface area (Å²) in [5.74, 6) is 0.106. The van der Waals surface area contributed by atoms with Crippen molar-refractivity contribution < 1.29 is 4.79 Å². The average Bonchev–Trinajstić information content (AvgIpc) is 2.92. The molecule has 0 saturated carbocycles. The van der Waals surface area contributed by atoms with Crippen LogP contribution in [0.1, 0.15) is 17.0 Å². The van der Waals surface area contributed by atoms with E-state index >= 15 is 0 Å². The van der Waals surface area contributed by atoms with Gasteiger partial charge in [-0.05, 0) is 30.7 Å². The Balaban J connectivity index is 1.53. The van der Waals surface area contributed by atoms with Gasteiger partial charge in [-0.1, -0.05) is 6.07 Å². The van der Waals surface area contributed by atoms with Crippen LogP contribution in [0.15, 0.2) is 55.2 Å². The molecule has 0 aromatic carbocycles. The van der Waals surface area contributed by atoms with Crippen LogP contribution in [0.4, 0.5) is 0 Å². The van der Waals surface area contributed by atoms with Crippen molar-refractivity contribution in [1.82, 2.24) is 24.8 Å². The maximum absolute atomic E-state index is 12.7. The zero-order valence-electron chi connectivity index (χ0n) is 14.4. The molecule has 3 aromatic rings. The minimum Gasteiger partial charge on any atom is -0.342 e. The van der Waals surface area contributed by atoms with E-state index in [1.165, 1.54) is 0 Å². The lowest BCUT2D eigenvalue weighted by molar-refractivity contribution is -0.130. The smallest absolute Gasteiger partial charge is 0.228 e. The highest BCUT2D eigenvalue weighted by Gasteiger charge is 2.22. The summed E-state index contributed by atoms with van der Waals surface area (Å²) in [6, 6.07) is 9.56. The molecule has 0 fully saturated rings. The third-order valence-corrected chi connectivity index (χ3v) is 4.65. The van der Waals surface area contributed by atoms with Crippen molar-refractivity contribution in [1.29, 1.82) is 0 Å². The minimum atomic E-state index is 0.106. The predicted molar refractivity (Wildman–Crippen MR) is 97.2 cm³/mol. The van der Waals surface area contributed by atoms with Crippen LogP contribution in [0.2, 0.25) is 0 Å². The first-order valence-corrected chi connectivity index (χ1v) is 8.72. The Morgan fingerprint density at radius 1 is 0.962 bits per heavy atom. The van der Waals surface area contributed by atoms with Gasteiger partial charge >= 0.3 is 0 Å². The van der Waals surface area contributed by atoms with E-state index < -0.39 is 0 Å². The monoisotopic (exact) mass is 345 g/mol. The van der Waals surface area contributed by atoms with Crippen molar-refractivity contribution in [3.63, 3.8) is 0 Å². The predicted octanol–water partition coefficient (Wildman–Crippen LogP) is 2.10. The number of carbonyl (C=O) groups is 1. The fourth-order valence-corrected chi connectivity index (χ4v) is 3.30.